The van der Waals surface area contributed by atoms with Crippen molar-refractivity contribution in [1.29, 1.82) is 0 Å². The summed E-state index contributed by atoms with van der Waals surface area (Å²) in [6.07, 6.45) is 96.5. The van der Waals surface area contributed by atoms with Crippen molar-refractivity contribution in [2.75, 3.05) is 13.2 Å². The van der Waals surface area contributed by atoms with Crippen LogP contribution in [-0.2, 0) is 19.1 Å². The third-order valence-electron chi connectivity index (χ3n) is 12.3. The number of ether oxygens (including phenoxy) is 2. The number of unbranched alkanes of at least 4 members (excludes halogenated alkanes) is 19. The Bertz CT molecular complexity index is 1620. The van der Waals surface area contributed by atoms with Gasteiger partial charge in [0.15, 0.2) is 6.10 Å². The van der Waals surface area contributed by atoms with Gasteiger partial charge in [0.25, 0.3) is 0 Å². The number of hydrogen-bond donors (Lipinski definition) is 1. The molecular formula is C69H110O5. The average Bonchev–Trinajstić information content (AvgIpc) is 3.40. The van der Waals surface area contributed by atoms with Gasteiger partial charge >= 0.3 is 11.9 Å². The highest BCUT2D eigenvalue weighted by Gasteiger charge is 2.16. The molecule has 0 radical (unpaired) electrons. The third-order valence-corrected chi connectivity index (χ3v) is 12.3. The van der Waals surface area contributed by atoms with Crippen LogP contribution >= 0.6 is 0 Å². The Kier molecular flexibility index (Phi) is 59.0. The summed E-state index contributed by atoms with van der Waals surface area (Å²) >= 11 is 0. The SMILES string of the molecule is CC/C=C\C/C=C\C/C=C\C/C=C\C/C=C\C/C=C\C/C=C\C/C=C\CCCCCCCCCCCCCCCCC(=O)OC(CO)COC(=O)CCCCCCC/C=C\C/C=C\C/C=C\C/C=C\C/C=C\CC. The summed E-state index contributed by atoms with van der Waals surface area (Å²) in [6.45, 7) is 3.89. The summed E-state index contributed by atoms with van der Waals surface area (Å²) in [7, 11) is 0. The van der Waals surface area contributed by atoms with E-state index in [4.69, 9.17) is 9.47 Å². The molecule has 0 aliphatic carbocycles. The molecule has 0 saturated carbocycles. The zero-order valence-electron chi connectivity index (χ0n) is 47.5. The van der Waals surface area contributed by atoms with E-state index in [9.17, 15) is 14.7 Å². The minimum absolute atomic E-state index is 0.0844. The number of esters is 2. The third kappa shape index (κ3) is 60.1. The number of allylic oxidation sites excluding steroid dienone is 26. The Morgan fingerprint density at radius 1 is 0.311 bits per heavy atom. The lowest BCUT2D eigenvalue weighted by Crippen LogP contribution is -2.28. The van der Waals surface area contributed by atoms with Crippen LogP contribution in [0.4, 0.5) is 0 Å². The van der Waals surface area contributed by atoms with Gasteiger partial charge in [0.2, 0.25) is 0 Å². The van der Waals surface area contributed by atoms with Crippen LogP contribution in [0.2, 0.25) is 0 Å². The van der Waals surface area contributed by atoms with Gasteiger partial charge in [-0.15, -0.1) is 0 Å². The van der Waals surface area contributed by atoms with Gasteiger partial charge in [0, 0.05) is 12.8 Å². The molecule has 0 rings (SSSR count). The maximum absolute atomic E-state index is 12.3. The monoisotopic (exact) mass is 1020 g/mol. The predicted molar refractivity (Wildman–Crippen MR) is 324 cm³/mol. The summed E-state index contributed by atoms with van der Waals surface area (Å²) in [5, 5.41) is 9.66. The van der Waals surface area contributed by atoms with Crippen molar-refractivity contribution in [3.8, 4) is 0 Å². The van der Waals surface area contributed by atoms with E-state index in [1.165, 1.54) is 77.0 Å². The average molecular weight is 1020 g/mol. The second-order valence-corrected chi connectivity index (χ2v) is 19.3. The largest absolute Gasteiger partial charge is 0.462 e. The van der Waals surface area contributed by atoms with Crippen LogP contribution in [0.5, 0.6) is 0 Å². The van der Waals surface area contributed by atoms with Gasteiger partial charge in [0.1, 0.15) is 6.61 Å². The molecule has 0 spiro atoms. The molecule has 0 aliphatic heterocycles. The number of carbonyl (C=O) groups excluding carboxylic acids is 2. The highest BCUT2D eigenvalue weighted by Crippen LogP contribution is 2.15. The van der Waals surface area contributed by atoms with Crippen LogP contribution in [0.25, 0.3) is 0 Å². The van der Waals surface area contributed by atoms with Crippen LogP contribution in [-0.4, -0.2) is 36.4 Å². The molecule has 0 bridgehead atoms. The summed E-state index contributed by atoms with van der Waals surface area (Å²) in [4.78, 5) is 24.5. The molecule has 74 heavy (non-hydrogen) atoms. The van der Waals surface area contributed by atoms with Crippen molar-refractivity contribution in [2.45, 2.75) is 251 Å². The Morgan fingerprint density at radius 2 is 0.541 bits per heavy atom. The lowest BCUT2D eigenvalue weighted by Gasteiger charge is -2.15. The summed E-state index contributed by atoms with van der Waals surface area (Å²) in [6, 6.07) is 0. The first-order valence-electron chi connectivity index (χ1n) is 30.0. The summed E-state index contributed by atoms with van der Waals surface area (Å²) < 4.78 is 10.7. The lowest BCUT2D eigenvalue weighted by atomic mass is 10.0. The van der Waals surface area contributed by atoms with E-state index in [1.807, 2.05) is 0 Å². The second-order valence-electron chi connectivity index (χ2n) is 19.3. The van der Waals surface area contributed by atoms with E-state index >= 15 is 0 Å². The van der Waals surface area contributed by atoms with Gasteiger partial charge in [-0.25, -0.2) is 0 Å². The standard InChI is InChI=1S/C69H110O5/c1-3-5-7-9-11-13-15-17-19-21-23-25-26-27-28-29-30-31-32-33-34-35-36-37-38-39-40-41-42-44-46-48-50-52-54-56-58-60-62-64-69(72)74-67(65-70)66-73-68(71)63-61-59-57-55-53-51-49-47-45-43-24-22-20-18-16-14-12-10-8-6-4-2/h5-8,11-14,17-20,23-25,27-28,30-31,33-34,36-37,43,47,49,67,70H,3-4,9-10,15-16,21-22,26,29,32,35,38-42,44-46,48,50-66H2,1-2H3/b7-5-,8-6-,13-11-,14-12-,19-17-,20-18-,25-23-,28-27-,31-30-,34-33-,37-36-,43-24-,49-47-. The van der Waals surface area contributed by atoms with E-state index in [0.29, 0.717) is 12.8 Å². The minimum atomic E-state index is -0.792. The molecule has 0 aromatic rings. The Morgan fingerprint density at radius 3 is 0.811 bits per heavy atom. The topological polar surface area (TPSA) is 72.8 Å². The van der Waals surface area contributed by atoms with Crippen LogP contribution in [0.3, 0.4) is 0 Å². The van der Waals surface area contributed by atoms with Gasteiger partial charge in [-0.1, -0.05) is 268 Å². The van der Waals surface area contributed by atoms with Crippen molar-refractivity contribution in [2.24, 2.45) is 0 Å². The van der Waals surface area contributed by atoms with Crippen molar-refractivity contribution in [3.05, 3.63) is 158 Å². The number of hydrogen-bond acceptors (Lipinski definition) is 5. The Hall–Kier alpha value is -4.48. The fourth-order valence-corrected chi connectivity index (χ4v) is 7.89. The summed E-state index contributed by atoms with van der Waals surface area (Å²) in [5.41, 5.74) is 0. The first-order chi connectivity index (χ1) is 36.6. The van der Waals surface area contributed by atoms with Crippen LogP contribution in [0.1, 0.15) is 245 Å². The highest BCUT2D eigenvalue weighted by atomic mass is 16.6. The molecule has 5 nitrogen and oxygen atoms in total. The normalized spacial score (nSPS) is 13.4. The molecule has 416 valence electrons. The van der Waals surface area contributed by atoms with Crippen molar-refractivity contribution in [1.82, 2.24) is 0 Å². The maximum Gasteiger partial charge on any atom is 0.306 e. The van der Waals surface area contributed by atoms with Crippen molar-refractivity contribution < 1.29 is 24.2 Å². The van der Waals surface area contributed by atoms with Gasteiger partial charge in [-0.05, 0) is 122 Å². The number of aliphatic hydroxyl groups is 1. The molecule has 5 heteroatoms. The molecule has 0 fully saturated rings. The summed E-state index contributed by atoms with van der Waals surface area (Å²) in [5.74, 6) is -0.620. The number of aliphatic hydroxyl groups excluding tert-OH is 1. The van der Waals surface area contributed by atoms with E-state index in [0.717, 1.165) is 141 Å². The molecule has 1 N–H and O–H groups in total. The lowest BCUT2D eigenvalue weighted by molar-refractivity contribution is -0.161. The van der Waals surface area contributed by atoms with Crippen LogP contribution < -0.4 is 0 Å². The fraction of sp³-hybridized carbons (Fsp3) is 0.594. The first-order valence-corrected chi connectivity index (χ1v) is 30.0. The van der Waals surface area contributed by atoms with E-state index in [2.05, 4.69) is 172 Å². The molecule has 0 aromatic carbocycles. The number of rotatable bonds is 53. The minimum Gasteiger partial charge on any atom is -0.462 e. The second kappa shape index (κ2) is 62.8. The van der Waals surface area contributed by atoms with E-state index in [-0.39, 0.29) is 25.2 Å². The quantitative estimate of drug-likeness (QED) is 0.0373. The van der Waals surface area contributed by atoms with Crippen LogP contribution in [0.15, 0.2) is 158 Å². The molecule has 0 aromatic heterocycles. The van der Waals surface area contributed by atoms with E-state index < -0.39 is 6.10 Å². The molecule has 0 heterocycles. The Balaban J connectivity index is 3.56. The zero-order chi connectivity index (χ0) is 53.4. The van der Waals surface area contributed by atoms with Crippen LogP contribution in [0, 0.1) is 0 Å². The van der Waals surface area contributed by atoms with Gasteiger partial charge in [-0.3, -0.25) is 9.59 Å². The molecule has 1 atom stereocenters. The molecule has 0 saturated heterocycles. The van der Waals surface area contributed by atoms with Crippen molar-refractivity contribution >= 4 is 11.9 Å². The maximum atomic E-state index is 12.3. The first kappa shape index (κ1) is 69.5. The highest BCUT2D eigenvalue weighted by molar-refractivity contribution is 5.70. The molecule has 1 unspecified atom stereocenters. The predicted octanol–water partition coefficient (Wildman–Crippen LogP) is 20.7. The van der Waals surface area contributed by atoms with Gasteiger partial charge in [0.05, 0.1) is 6.61 Å². The smallest absolute Gasteiger partial charge is 0.306 e. The van der Waals surface area contributed by atoms with Crippen molar-refractivity contribution in [3.63, 3.8) is 0 Å². The van der Waals surface area contributed by atoms with Gasteiger partial charge < -0.3 is 14.6 Å². The fourth-order valence-electron chi connectivity index (χ4n) is 7.89. The Labute approximate surface area is 456 Å². The molecule has 0 amide bonds. The zero-order valence-corrected chi connectivity index (χ0v) is 47.5. The van der Waals surface area contributed by atoms with E-state index in [1.54, 1.807) is 0 Å². The molecule has 0 aliphatic rings. The number of carbonyl (C=O) groups is 2. The van der Waals surface area contributed by atoms with Gasteiger partial charge in [-0.2, -0.15) is 0 Å². The molecular weight excluding hydrogens is 909 g/mol.